The van der Waals surface area contributed by atoms with E-state index in [1.165, 1.54) is 6.07 Å². The summed E-state index contributed by atoms with van der Waals surface area (Å²) in [5.41, 5.74) is -0.242. The molecule has 1 aromatic heterocycles. The Kier molecular flexibility index (Phi) is 3.47. The van der Waals surface area contributed by atoms with Gasteiger partial charge in [-0.05, 0) is 19.8 Å². The number of aromatic nitrogens is 2. The van der Waals surface area contributed by atoms with Crippen molar-refractivity contribution < 1.29 is 4.74 Å². The molecule has 2 rings (SSSR count). The van der Waals surface area contributed by atoms with Gasteiger partial charge in [0.15, 0.2) is 0 Å². The number of rotatable bonds is 4. The van der Waals surface area contributed by atoms with E-state index >= 15 is 0 Å². The quantitative estimate of drug-likeness (QED) is 0.828. The van der Waals surface area contributed by atoms with Gasteiger partial charge in [0, 0.05) is 25.6 Å². The van der Waals surface area contributed by atoms with Crippen LogP contribution < -0.4 is 10.9 Å². The monoisotopic (exact) mass is 237 g/mol. The van der Waals surface area contributed by atoms with E-state index in [0.29, 0.717) is 18.2 Å². The van der Waals surface area contributed by atoms with Crippen molar-refractivity contribution in [3.05, 3.63) is 22.2 Å². The molecule has 1 unspecified atom stereocenters. The van der Waals surface area contributed by atoms with Crippen molar-refractivity contribution >= 4 is 5.82 Å². The second-order valence-electron chi connectivity index (χ2n) is 4.69. The van der Waals surface area contributed by atoms with Gasteiger partial charge in [-0.1, -0.05) is 6.92 Å². The van der Waals surface area contributed by atoms with Crippen LogP contribution in [-0.4, -0.2) is 28.7 Å². The third kappa shape index (κ3) is 3.06. The summed E-state index contributed by atoms with van der Waals surface area (Å²) in [4.78, 5) is 18.4. The summed E-state index contributed by atoms with van der Waals surface area (Å²) in [6.07, 6.45) is 2.86. The summed E-state index contributed by atoms with van der Waals surface area (Å²) < 4.78 is 5.67. The van der Waals surface area contributed by atoms with Crippen LogP contribution in [0.15, 0.2) is 10.9 Å². The Balaban J connectivity index is 2.03. The molecule has 1 fully saturated rings. The molecule has 0 spiro atoms. The molecule has 94 valence electrons. The minimum atomic E-state index is -0.128. The normalized spacial score (nSPS) is 23.9. The van der Waals surface area contributed by atoms with Gasteiger partial charge in [-0.2, -0.15) is 0 Å². The lowest BCUT2D eigenvalue weighted by Gasteiger charge is -2.23. The van der Waals surface area contributed by atoms with E-state index in [2.05, 4.69) is 22.2 Å². The van der Waals surface area contributed by atoms with Gasteiger partial charge in [-0.25, -0.2) is 4.98 Å². The van der Waals surface area contributed by atoms with Gasteiger partial charge >= 0.3 is 0 Å². The third-order valence-electron chi connectivity index (χ3n) is 3.07. The fourth-order valence-electron chi connectivity index (χ4n) is 2.02. The van der Waals surface area contributed by atoms with Gasteiger partial charge in [0.2, 0.25) is 0 Å². The molecule has 5 nitrogen and oxygen atoms in total. The topological polar surface area (TPSA) is 67.0 Å². The first-order chi connectivity index (χ1) is 8.11. The Bertz CT molecular complexity index is 436. The molecule has 0 bridgehead atoms. The third-order valence-corrected chi connectivity index (χ3v) is 3.07. The molecule has 0 saturated carbocycles. The summed E-state index contributed by atoms with van der Waals surface area (Å²) in [6.45, 7) is 5.55. The smallest absolute Gasteiger partial charge is 0.252 e. The van der Waals surface area contributed by atoms with Crippen LogP contribution in [0.4, 0.5) is 5.82 Å². The Morgan fingerprint density at radius 2 is 2.47 bits per heavy atom. The summed E-state index contributed by atoms with van der Waals surface area (Å²) >= 11 is 0. The molecule has 1 aliphatic heterocycles. The molecule has 1 saturated heterocycles. The highest BCUT2D eigenvalue weighted by atomic mass is 16.5. The van der Waals surface area contributed by atoms with Gasteiger partial charge in [-0.15, -0.1) is 0 Å². The SMILES string of the molecule is CCc1nc(NCC2(C)CCCO2)cc(=O)[nH]1. The van der Waals surface area contributed by atoms with Crippen molar-refractivity contribution in [2.75, 3.05) is 18.5 Å². The van der Waals surface area contributed by atoms with Crippen LogP contribution >= 0.6 is 0 Å². The van der Waals surface area contributed by atoms with Gasteiger partial charge < -0.3 is 15.0 Å². The zero-order valence-corrected chi connectivity index (χ0v) is 10.4. The number of nitrogens with one attached hydrogen (secondary N) is 2. The number of ether oxygens (including phenoxy) is 1. The lowest BCUT2D eigenvalue weighted by Crippen LogP contribution is -2.33. The standard InChI is InChI=1S/C12H19N3O2/c1-3-9-14-10(7-11(16)15-9)13-8-12(2)5-4-6-17-12/h7H,3-6,8H2,1-2H3,(H2,13,14,15,16). The predicted octanol–water partition coefficient (Wildman–Crippen LogP) is 1.31. The van der Waals surface area contributed by atoms with Crippen LogP contribution in [0.25, 0.3) is 0 Å². The van der Waals surface area contributed by atoms with Crippen molar-refractivity contribution in [1.29, 1.82) is 0 Å². The molecule has 1 aliphatic rings. The van der Waals surface area contributed by atoms with Gasteiger partial charge in [0.1, 0.15) is 11.6 Å². The highest BCUT2D eigenvalue weighted by Gasteiger charge is 2.29. The van der Waals surface area contributed by atoms with E-state index < -0.39 is 0 Å². The van der Waals surface area contributed by atoms with E-state index in [1.54, 1.807) is 0 Å². The maximum absolute atomic E-state index is 11.4. The van der Waals surface area contributed by atoms with E-state index in [0.717, 1.165) is 25.9 Å². The van der Waals surface area contributed by atoms with Crippen LogP contribution in [0.5, 0.6) is 0 Å². The number of nitrogens with zero attached hydrogens (tertiary/aromatic N) is 1. The maximum atomic E-state index is 11.4. The van der Waals surface area contributed by atoms with Gasteiger partial charge in [0.05, 0.1) is 5.60 Å². The van der Waals surface area contributed by atoms with Crippen molar-refractivity contribution in [2.45, 2.75) is 38.7 Å². The minimum absolute atomic E-state index is 0.114. The summed E-state index contributed by atoms with van der Waals surface area (Å²) in [5, 5.41) is 3.19. The second kappa shape index (κ2) is 4.87. The lowest BCUT2D eigenvalue weighted by atomic mass is 10.0. The van der Waals surface area contributed by atoms with Crippen molar-refractivity contribution in [2.24, 2.45) is 0 Å². The van der Waals surface area contributed by atoms with Crippen LogP contribution in [0.1, 0.15) is 32.5 Å². The summed E-state index contributed by atoms with van der Waals surface area (Å²) in [6, 6.07) is 1.48. The molecule has 17 heavy (non-hydrogen) atoms. The van der Waals surface area contributed by atoms with E-state index in [-0.39, 0.29) is 11.2 Å². The molecular formula is C12H19N3O2. The predicted molar refractivity (Wildman–Crippen MR) is 66.3 cm³/mol. The Labute approximate surface area is 101 Å². The molecule has 0 aromatic carbocycles. The number of anilines is 1. The highest BCUT2D eigenvalue weighted by molar-refractivity contribution is 5.33. The van der Waals surface area contributed by atoms with Crippen LogP contribution in [0.3, 0.4) is 0 Å². The molecule has 5 heteroatoms. The Hall–Kier alpha value is -1.36. The lowest BCUT2D eigenvalue weighted by molar-refractivity contribution is 0.0314. The maximum Gasteiger partial charge on any atom is 0.252 e. The van der Waals surface area contributed by atoms with Crippen LogP contribution in [0, 0.1) is 0 Å². The first-order valence-electron chi connectivity index (χ1n) is 6.09. The molecular weight excluding hydrogens is 218 g/mol. The zero-order chi connectivity index (χ0) is 12.3. The Morgan fingerprint density at radius 1 is 1.65 bits per heavy atom. The number of hydrogen-bond acceptors (Lipinski definition) is 4. The minimum Gasteiger partial charge on any atom is -0.373 e. The zero-order valence-electron chi connectivity index (χ0n) is 10.4. The largest absolute Gasteiger partial charge is 0.373 e. The molecule has 0 radical (unpaired) electrons. The fraction of sp³-hybridized carbons (Fsp3) is 0.667. The van der Waals surface area contributed by atoms with E-state index in [9.17, 15) is 4.79 Å². The molecule has 0 aliphatic carbocycles. The van der Waals surface area contributed by atoms with Gasteiger partial charge in [-0.3, -0.25) is 4.79 Å². The summed E-state index contributed by atoms with van der Waals surface area (Å²) in [7, 11) is 0. The fourth-order valence-corrected chi connectivity index (χ4v) is 2.02. The number of H-pyrrole nitrogens is 1. The van der Waals surface area contributed by atoms with Crippen molar-refractivity contribution in [1.82, 2.24) is 9.97 Å². The highest BCUT2D eigenvalue weighted by Crippen LogP contribution is 2.24. The number of aryl methyl sites for hydroxylation is 1. The molecule has 1 aromatic rings. The number of aromatic amines is 1. The molecule has 0 amide bonds. The first-order valence-corrected chi connectivity index (χ1v) is 6.09. The first kappa shape index (κ1) is 12.1. The average Bonchev–Trinajstić information content (AvgIpc) is 2.73. The summed E-state index contributed by atoms with van der Waals surface area (Å²) in [5.74, 6) is 1.33. The molecule has 2 heterocycles. The van der Waals surface area contributed by atoms with Crippen molar-refractivity contribution in [3.8, 4) is 0 Å². The van der Waals surface area contributed by atoms with E-state index in [1.807, 2.05) is 6.92 Å². The molecule has 2 N–H and O–H groups in total. The van der Waals surface area contributed by atoms with Gasteiger partial charge in [0.25, 0.3) is 5.56 Å². The van der Waals surface area contributed by atoms with Crippen LogP contribution in [-0.2, 0) is 11.2 Å². The van der Waals surface area contributed by atoms with Crippen molar-refractivity contribution in [3.63, 3.8) is 0 Å². The second-order valence-corrected chi connectivity index (χ2v) is 4.69. The number of hydrogen-bond donors (Lipinski definition) is 2. The Morgan fingerprint density at radius 3 is 3.12 bits per heavy atom. The van der Waals surface area contributed by atoms with Crippen LogP contribution in [0.2, 0.25) is 0 Å². The van der Waals surface area contributed by atoms with E-state index in [4.69, 9.17) is 4.74 Å². The average molecular weight is 237 g/mol. The molecule has 1 atom stereocenters.